The first-order valence-electron chi connectivity index (χ1n) is 11.7. The lowest BCUT2D eigenvalue weighted by atomic mass is 10.1. The largest absolute Gasteiger partial charge is 0.383 e. The number of nitrogens with one attached hydrogen (secondary N) is 1. The second-order valence-electron chi connectivity index (χ2n) is 8.59. The van der Waals surface area contributed by atoms with Crippen molar-refractivity contribution in [1.82, 2.24) is 24.2 Å². The average molecular weight is 469 g/mol. The fourth-order valence-corrected chi connectivity index (χ4v) is 4.26. The summed E-state index contributed by atoms with van der Waals surface area (Å²) >= 11 is 0. The van der Waals surface area contributed by atoms with Gasteiger partial charge in [0.2, 0.25) is 0 Å². The zero-order valence-electron chi connectivity index (χ0n) is 19.6. The molecule has 0 saturated heterocycles. The fourth-order valence-electron chi connectivity index (χ4n) is 4.26. The van der Waals surface area contributed by atoms with Crippen LogP contribution in [-0.2, 0) is 19.5 Å². The predicted molar refractivity (Wildman–Crippen MR) is 140 cm³/mol. The van der Waals surface area contributed by atoms with Crippen LogP contribution in [0.1, 0.15) is 36.7 Å². The Bertz CT molecular complexity index is 1550. The van der Waals surface area contributed by atoms with Gasteiger partial charge in [0.15, 0.2) is 5.82 Å². The van der Waals surface area contributed by atoms with Gasteiger partial charge in [0.05, 0.1) is 17.6 Å². The highest BCUT2D eigenvalue weighted by atomic mass is 16.1. The number of benzene rings is 2. The average Bonchev–Trinajstić information content (AvgIpc) is 3.22. The quantitative estimate of drug-likeness (QED) is 0.318. The molecule has 3 heterocycles. The third-order valence-electron chi connectivity index (χ3n) is 6.09. The number of aromatic nitrogens is 5. The van der Waals surface area contributed by atoms with Gasteiger partial charge >= 0.3 is 5.69 Å². The molecular formula is C26H28N8O. The molecule has 5 aromatic rings. The number of fused-ring (bicyclic) bond motifs is 3. The van der Waals surface area contributed by atoms with E-state index >= 15 is 0 Å². The number of unbranched alkanes of at least 4 members (excludes halogenated alkanes) is 1. The number of imidazole rings is 1. The summed E-state index contributed by atoms with van der Waals surface area (Å²) in [4.78, 5) is 25.1. The summed E-state index contributed by atoms with van der Waals surface area (Å²) in [7, 11) is 0. The van der Waals surface area contributed by atoms with Crippen LogP contribution >= 0.6 is 0 Å². The van der Waals surface area contributed by atoms with E-state index in [1.807, 2.05) is 18.2 Å². The number of aryl methyl sites for hydroxylation is 1. The number of anilines is 2. The van der Waals surface area contributed by atoms with Gasteiger partial charge in [-0.25, -0.2) is 19.4 Å². The van der Waals surface area contributed by atoms with Crippen LogP contribution in [-0.4, -0.2) is 24.2 Å². The number of hydrogen-bond acceptors (Lipinski definition) is 7. The molecule has 0 radical (unpaired) electrons. The number of nitrogen functional groups attached to an aromatic ring is 2. The Morgan fingerprint density at radius 3 is 2.49 bits per heavy atom. The summed E-state index contributed by atoms with van der Waals surface area (Å²) in [5, 5.41) is 1.05. The van der Waals surface area contributed by atoms with Crippen LogP contribution in [0, 0.1) is 0 Å². The number of pyridine rings is 1. The minimum absolute atomic E-state index is 0.202. The second-order valence-corrected chi connectivity index (χ2v) is 8.59. The van der Waals surface area contributed by atoms with E-state index in [2.05, 4.69) is 57.2 Å². The van der Waals surface area contributed by atoms with Gasteiger partial charge in [-0.05, 0) is 29.7 Å². The van der Waals surface area contributed by atoms with Crippen LogP contribution in [0.15, 0.2) is 65.6 Å². The molecule has 2 aromatic carbocycles. The van der Waals surface area contributed by atoms with Crippen molar-refractivity contribution in [2.75, 3.05) is 16.9 Å². The topological polar surface area (TPSA) is 130 Å². The Morgan fingerprint density at radius 1 is 0.943 bits per heavy atom. The summed E-state index contributed by atoms with van der Waals surface area (Å²) < 4.78 is 3.60. The molecule has 0 fully saturated rings. The van der Waals surface area contributed by atoms with E-state index in [0.29, 0.717) is 18.9 Å². The van der Waals surface area contributed by atoms with Crippen molar-refractivity contribution in [2.24, 2.45) is 0 Å². The molecule has 0 atom stereocenters. The molecule has 3 aromatic heterocycles. The molecule has 9 nitrogen and oxygen atoms in total. The monoisotopic (exact) mass is 468 g/mol. The van der Waals surface area contributed by atoms with Crippen molar-refractivity contribution in [3.8, 4) is 0 Å². The Balaban J connectivity index is 1.44. The molecule has 9 heteroatoms. The molecule has 0 aliphatic heterocycles. The van der Waals surface area contributed by atoms with E-state index in [-0.39, 0.29) is 5.82 Å². The summed E-state index contributed by atoms with van der Waals surface area (Å²) in [5.41, 5.74) is 19.3. The van der Waals surface area contributed by atoms with E-state index in [1.54, 1.807) is 12.3 Å². The fraction of sp³-hybridized carbons (Fsp3) is 0.231. The van der Waals surface area contributed by atoms with Crippen molar-refractivity contribution < 1.29 is 0 Å². The first kappa shape index (κ1) is 22.4. The first-order chi connectivity index (χ1) is 17.0. The zero-order chi connectivity index (χ0) is 24.4. The van der Waals surface area contributed by atoms with Crippen molar-refractivity contribution >= 4 is 33.6 Å². The van der Waals surface area contributed by atoms with Gasteiger partial charge in [-0.3, -0.25) is 0 Å². The van der Waals surface area contributed by atoms with Crippen LogP contribution < -0.4 is 22.6 Å². The SMILES string of the molecule is CCCCc1nc2c(N)nc3ccccc3c2n1Cc1ccc(CNn2ccc(N)nc2=O)cc1. The Hall–Kier alpha value is -4.40. The van der Waals surface area contributed by atoms with Crippen LogP contribution in [0.5, 0.6) is 0 Å². The minimum Gasteiger partial charge on any atom is -0.383 e. The van der Waals surface area contributed by atoms with Gasteiger partial charge in [-0.1, -0.05) is 55.8 Å². The van der Waals surface area contributed by atoms with E-state index in [0.717, 1.165) is 58.2 Å². The number of nitrogens with two attached hydrogens (primary N) is 2. The highest BCUT2D eigenvalue weighted by Crippen LogP contribution is 2.30. The van der Waals surface area contributed by atoms with E-state index in [9.17, 15) is 4.79 Å². The summed E-state index contributed by atoms with van der Waals surface area (Å²) in [6.45, 7) is 3.34. The lowest BCUT2D eigenvalue weighted by molar-refractivity contribution is 0.690. The number of para-hydroxylation sites is 1. The van der Waals surface area contributed by atoms with Crippen LogP contribution in [0.4, 0.5) is 11.6 Å². The van der Waals surface area contributed by atoms with Crippen molar-refractivity contribution in [3.63, 3.8) is 0 Å². The highest BCUT2D eigenvalue weighted by molar-refractivity contribution is 6.06. The Labute approximate surface area is 202 Å². The van der Waals surface area contributed by atoms with Gasteiger partial charge in [0.1, 0.15) is 17.2 Å². The van der Waals surface area contributed by atoms with Gasteiger partial charge in [0.25, 0.3) is 0 Å². The molecule has 0 aliphatic rings. The lowest BCUT2D eigenvalue weighted by Gasteiger charge is -2.12. The molecule has 0 amide bonds. The first-order valence-corrected chi connectivity index (χ1v) is 11.7. The maximum atomic E-state index is 11.9. The summed E-state index contributed by atoms with van der Waals surface area (Å²) in [5.74, 6) is 1.68. The number of hydrogen-bond donors (Lipinski definition) is 3. The molecule has 5 N–H and O–H groups in total. The molecule has 0 unspecified atom stereocenters. The van der Waals surface area contributed by atoms with E-state index < -0.39 is 5.69 Å². The van der Waals surface area contributed by atoms with Gasteiger partial charge in [-0.2, -0.15) is 4.98 Å². The molecular weight excluding hydrogens is 440 g/mol. The molecule has 5 rings (SSSR count). The Morgan fingerprint density at radius 2 is 1.71 bits per heavy atom. The maximum absolute atomic E-state index is 11.9. The highest BCUT2D eigenvalue weighted by Gasteiger charge is 2.17. The molecule has 0 spiro atoms. The zero-order valence-corrected chi connectivity index (χ0v) is 19.6. The molecule has 0 aliphatic carbocycles. The van der Waals surface area contributed by atoms with Gasteiger partial charge in [0, 0.05) is 24.5 Å². The van der Waals surface area contributed by atoms with Crippen LogP contribution in [0.3, 0.4) is 0 Å². The second kappa shape index (κ2) is 9.46. The minimum atomic E-state index is -0.436. The molecule has 178 valence electrons. The van der Waals surface area contributed by atoms with E-state index in [4.69, 9.17) is 16.5 Å². The van der Waals surface area contributed by atoms with Crippen molar-refractivity contribution in [3.05, 3.63) is 88.2 Å². The predicted octanol–water partition coefficient (Wildman–Crippen LogP) is 3.44. The Kier molecular flexibility index (Phi) is 6.05. The number of rotatable bonds is 8. The van der Waals surface area contributed by atoms with Crippen LogP contribution in [0.25, 0.3) is 21.9 Å². The normalized spacial score (nSPS) is 11.3. The lowest BCUT2D eigenvalue weighted by Crippen LogP contribution is -2.30. The summed E-state index contributed by atoms with van der Waals surface area (Å²) in [6.07, 6.45) is 4.60. The van der Waals surface area contributed by atoms with Crippen molar-refractivity contribution in [1.29, 1.82) is 0 Å². The molecule has 0 bridgehead atoms. The third kappa shape index (κ3) is 4.52. The van der Waals surface area contributed by atoms with Gasteiger partial charge in [-0.15, -0.1) is 0 Å². The maximum Gasteiger partial charge on any atom is 0.368 e. The van der Waals surface area contributed by atoms with Gasteiger partial charge < -0.3 is 21.5 Å². The summed E-state index contributed by atoms with van der Waals surface area (Å²) in [6, 6.07) is 17.9. The third-order valence-corrected chi connectivity index (χ3v) is 6.09. The molecule has 35 heavy (non-hydrogen) atoms. The molecule has 0 saturated carbocycles. The standard InChI is InChI=1S/C26H28N8O/c1-2-3-8-22-32-23-24(19-6-4-5-7-20(19)30-25(23)28)33(22)16-18-11-9-17(10-12-18)15-29-34-14-13-21(27)31-26(34)35/h4-7,9-14,29H,2-3,8,15-16H2,1H3,(H2,28,30)(H2,27,31,35). The smallest absolute Gasteiger partial charge is 0.368 e. The van der Waals surface area contributed by atoms with Crippen molar-refractivity contribution in [2.45, 2.75) is 39.3 Å². The van der Waals surface area contributed by atoms with E-state index in [1.165, 1.54) is 4.68 Å². The number of nitrogens with zero attached hydrogens (tertiary/aromatic N) is 5. The van der Waals surface area contributed by atoms with Crippen LogP contribution in [0.2, 0.25) is 0 Å².